The molecule has 1 aromatic heterocycles. The highest BCUT2D eigenvalue weighted by molar-refractivity contribution is 7.99. The van der Waals surface area contributed by atoms with Crippen LogP contribution in [-0.2, 0) is 6.54 Å². The number of thiophene rings is 1. The van der Waals surface area contributed by atoms with Crippen LogP contribution in [0.5, 0.6) is 0 Å². The van der Waals surface area contributed by atoms with Crippen molar-refractivity contribution in [3.63, 3.8) is 0 Å². The summed E-state index contributed by atoms with van der Waals surface area (Å²) >= 11 is 9.40. The van der Waals surface area contributed by atoms with Crippen molar-refractivity contribution in [3.8, 4) is 0 Å². The van der Waals surface area contributed by atoms with Gasteiger partial charge in [0.05, 0.1) is 10.9 Å². The standard InChI is InChI=1S/C13H22ClN3S2/c1-13(2,18-5)9-16-12(15-3)17(4)8-10-6-7-11(14)19-10/h6-7H,8-9H2,1-5H3,(H,15,16). The highest BCUT2D eigenvalue weighted by atomic mass is 35.5. The highest BCUT2D eigenvalue weighted by Crippen LogP contribution is 2.22. The summed E-state index contributed by atoms with van der Waals surface area (Å²) in [6, 6.07) is 3.99. The van der Waals surface area contributed by atoms with Crippen molar-refractivity contribution in [1.82, 2.24) is 10.2 Å². The monoisotopic (exact) mass is 319 g/mol. The maximum absolute atomic E-state index is 5.95. The number of halogens is 1. The molecule has 0 unspecified atom stereocenters. The minimum Gasteiger partial charge on any atom is -0.355 e. The first-order valence-corrected chi connectivity index (χ1v) is 8.51. The third kappa shape index (κ3) is 5.63. The Morgan fingerprint density at radius 2 is 2.21 bits per heavy atom. The Bertz CT molecular complexity index is 429. The highest BCUT2D eigenvalue weighted by Gasteiger charge is 2.17. The van der Waals surface area contributed by atoms with Crippen molar-refractivity contribution < 1.29 is 0 Å². The second-order valence-electron chi connectivity index (χ2n) is 4.93. The van der Waals surface area contributed by atoms with Crippen molar-refractivity contribution in [2.24, 2.45) is 4.99 Å². The van der Waals surface area contributed by atoms with E-state index in [1.165, 1.54) is 4.88 Å². The van der Waals surface area contributed by atoms with Crippen LogP contribution in [0.25, 0.3) is 0 Å². The summed E-state index contributed by atoms with van der Waals surface area (Å²) in [5, 5.41) is 3.41. The van der Waals surface area contributed by atoms with Gasteiger partial charge in [-0.15, -0.1) is 11.3 Å². The third-order valence-electron chi connectivity index (χ3n) is 2.82. The molecule has 108 valence electrons. The van der Waals surface area contributed by atoms with Gasteiger partial charge in [-0.3, -0.25) is 4.99 Å². The molecule has 0 aliphatic rings. The molecule has 0 bridgehead atoms. The molecule has 0 aliphatic carbocycles. The van der Waals surface area contributed by atoms with Crippen LogP contribution in [0.3, 0.4) is 0 Å². The summed E-state index contributed by atoms with van der Waals surface area (Å²) in [5.74, 6) is 0.909. The normalized spacial score (nSPS) is 12.6. The zero-order chi connectivity index (χ0) is 14.5. The van der Waals surface area contributed by atoms with Crippen molar-refractivity contribution >= 4 is 40.7 Å². The fraction of sp³-hybridized carbons (Fsp3) is 0.615. The van der Waals surface area contributed by atoms with E-state index in [0.717, 1.165) is 23.4 Å². The number of hydrogen-bond acceptors (Lipinski definition) is 3. The van der Waals surface area contributed by atoms with Gasteiger partial charge in [0.2, 0.25) is 0 Å². The number of guanidine groups is 1. The average molecular weight is 320 g/mol. The smallest absolute Gasteiger partial charge is 0.193 e. The van der Waals surface area contributed by atoms with Crippen LogP contribution in [0.15, 0.2) is 17.1 Å². The number of rotatable bonds is 5. The number of aliphatic imine (C=N–C) groups is 1. The summed E-state index contributed by atoms with van der Waals surface area (Å²) in [6.45, 7) is 6.14. The van der Waals surface area contributed by atoms with Crippen LogP contribution in [-0.4, -0.2) is 42.5 Å². The first-order valence-electron chi connectivity index (χ1n) is 6.09. The van der Waals surface area contributed by atoms with Crippen molar-refractivity contribution in [1.29, 1.82) is 0 Å². The van der Waals surface area contributed by atoms with Gasteiger partial charge in [0, 0.05) is 30.3 Å². The molecular formula is C13H22ClN3S2. The molecule has 3 nitrogen and oxygen atoms in total. The molecular weight excluding hydrogens is 298 g/mol. The molecule has 0 saturated carbocycles. The Morgan fingerprint density at radius 1 is 1.53 bits per heavy atom. The largest absolute Gasteiger partial charge is 0.355 e. The van der Waals surface area contributed by atoms with Gasteiger partial charge in [0.1, 0.15) is 0 Å². The fourth-order valence-corrected chi connectivity index (χ4v) is 2.85. The molecule has 19 heavy (non-hydrogen) atoms. The molecule has 0 atom stereocenters. The Labute approximate surface area is 129 Å². The van der Waals surface area contributed by atoms with Crippen LogP contribution >= 0.6 is 34.7 Å². The van der Waals surface area contributed by atoms with Crippen LogP contribution in [0, 0.1) is 0 Å². The molecule has 1 N–H and O–H groups in total. The zero-order valence-corrected chi connectivity index (χ0v) is 14.5. The minimum absolute atomic E-state index is 0.197. The summed E-state index contributed by atoms with van der Waals surface area (Å²) in [5.41, 5.74) is 0. The van der Waals surface area contributed by atoms with E-state index in [0.29, 0.717) is 0 Å². The molecule has 1 aromatic rings. The van der Waals surface area contributed by atoms with E-state index >= 15 is 0 Å². The molecule has 0 amide bonds. The lowest BCUT2D eigenvalue weighted by atomic mass is 10.2. The van der Waals surface area contributed by atoms with Gasteiger partial charge in [-0.25, -0.2) is 0 Å². The third-order valence-corrected chi connectivity index (χ3v) is 5.29. The van der Waals surface area contributed by atoms with Gasteiger partial charge >= 0.3 is 0 Å². The quantitative estimate of drug-likeness (QED) is 0.664. The predicted octanol–water partition coefficient (Wildman–Crippen LogP) is 3.55. The van der Waals surface area contributed by atoms with Gasteiger partial charge in [0.15, 0.2) is 5.96 Å². The van der Waals surface area contributed by atoms with Gasteiger partial charge in [-0.05, 0) is 32.2 Å². The van der Waals surface area contributed by atoms with Crippen molar-refractivity contribution in [3.05, 3.63) is 21.3 Å². The maximum atomic E-state index is 5.95. The van der Waals surface area contributed by atoms with Gasteiger partial charge in [-0.2, -0.15) is 11.8 Å². The molecule has 6 heteroatoms. The number of nitrogens with zero attached hydrogens (tertiary/aromatic N) is 2. The Hall–Kier alpha value is -0.390. The van der Waals surface area contributed by atoms with Crippen LogP contribution in [0.2, 0.25) is 4.34 Å². The Balaban J connectivity index is 2.55. The SMILES string of the molecule is CN=C(NCC(C)(C)SC)N(C)Cc1ccc(Cl)s1. The summed E-state index contributed by atoms with van der Waals surface area (Å²) in [6.07, 6.45) is 2.13. The summed E-state index contributed by atoms with van der Waals surface area (Å²) in [4.78, 5) is 7.67. The lowest BCUT2D eigenvalue weighted by molar-refractivity contribution is 0.476. The maximum Gasteiger partial charge on any atom is 0.193 e. The van der Waals surface area contributed by atoms with E-state index in [1.54, 1.807) is 11.3 Å². The first-order chi connectivity index (χ1) is 8.88. The molecule has 0 fully saturated rings. The van der Waals surface area contributed by atoms with E-state index in [2.05, 4.69) is 41.4 Å². The first kappa shape index (κ1) is 16.7. The zero-order valence-electron chi connectivity index (χ0n) is 12.2. The van der Waals surface area contributed by atoms with E-state index in [9.17, 15) is 0 Å². The summed E-state index contributed by atoms with van der Waals surface area (Å²) in [7, 11) is 3.85. The average Bonchev–Trinajstić information content (AvgIpc) is 2.75. The van der Waals surface area contributed by atoms with Crippen molar-refractivity contribution in [2.45, 2.75) is 25.1 Å². The molecule has 0 spiro atoms. The number of nitrogens with one attached hydrogen (secondary N) is 1. The molecule has 1 rings (SSSR count). The van der Waals surface area contributed by atoms with Crippen LogP contribution in [0.1, 0.15) is 18.7 Å². The van der Waals surface area contributed by atoms with Gasteiger partial charge in [0.25, 0.3) is 0 Å². The molecule has 0 radical (unpaired) electrons. The van der Waals surface area contributed by atoms with Gasteiger partial charge in [-0.1, -0.05) is 11.6 Å². The summed E-state index contributed by atoms with van der Waals surface area (Å²) < 4.78 is 1.03. The van der Waals surface area contributed by atoms with E-state index < -0.39 is 0 Å². The second kappa shape index (κ2) is 7.41. The molecule has 0 aromatic carbocycles. The van der Waals surface area contributed by atoms with Crippen molar-refractivity contribution in [2.75, 3.05) is 26.9 Å². The molecule has 0 saturated heterocycles. The van der Waals surface area contributed by atoms with Crippen LogP contribution in [0.4, 0.5) is 0 Å². The Kier molecular flexibility index (Phi) is 6.50. The van der Waals surface area contributed by atoms with E-state index in [-0.39, 0.29) is 4.75 Å². The van der Waals surface area contributed by atoms with E-state index in [4.69, 9.17) is 11.6 Å². The van der Waals surface area contributed by atoms with Crippen LogP contribution < -0.4 is 5.32 Å². The topological polar surface area (TPSA) is 27.6 Å². The fourth-order valence-electron chi connectivity index (χ4n) is 1.49. The lowest BCUT2D eigenvalue weighted by Crippen LogP contribution is -2.43. The second-order valence-corrected chi connectivity index (χ2v) is 8.24. The molecule has 1 heterocycles. The predicted molar refractivity (Wildman–Crippen MR) is 89.8 cm³/mol. The molecule has 0 aliphatic heterocycles. The minimum atomic E-state index is 0.197. The number of hydrogen-bond donors (Lipinski definition) is 1. The van der Waals surface area contributed by atoms with E-state index in [1.807, 2.05) is 31.9 Å². The van der Waals surface area contributed by atoms with Gasteiger partial charge < -0.3 is 10.2 Å². The Morgan fingerprint density at radius 3 is 2.68 bits per heavy atom. The lowest BCUT2D eigenvalue weighted by Gasteiger charge is -2.27. The number of thioether (sulfide) groups is 1.